The van der Waals surface area contributed by atoms with Crippen molar-refractivity contribution in [1.29, 1.82) is 0 Å². The van der Waals surface area contributed by atoms with Gasteiger partial charge in [0.2, 0.25) is 0 Å². The molecule has 0 aliphatic heterocycles. The molecular weight excluding hydrogens is 312 g/mol. The van der Waals surface area contributed by atoms with Crippen LogP contribution in [0.4, 0.5) is 0 Å². The SMILES string of the molecule is C=C(COC)C(=O)CC[C@H](OC(C)=O)c1cccc(OCCO)c1. The number of hydrogen-bond donors (Lipinski definition) is 1. The lowest BCUT2D eigenvalue weighted by Gasteiger charge is -2.18. The zero-order chi connectivity index (χ0) is 17.9. The van der Waals surface area contributed by atoms with Crippen LogP contribution in [0.5, 0.6) is 5.75 Å². The average molecular weight is 336 g/mol. The number of ether oxygens (including phenoxy) is 3. The summed E-state index contributed by atoms with van der Waals surface area (Å²) in [5.41, 5.74) is 1.12. The maximum Gasteiger partial charge on any atom is 0.303 e. The van der Waals surface area contributed by atoms with Crippen molar-refractivity contribution >= 4 is 11.8 Å². The minimum atomic E-state index is -0.556. The lowest BCUT2D eigenvalue weighted by atomic mass is 10.0. The van der Waals surface area contributed by atoms with E-state index in [-0.39, 0.29) is 32.0 Å². The van der Waals surface area contributed by atoms with Crippen LogP contribution in [0.2, 0.25) is 0 Å². The molecule has 6 heteroatoms. The van der Waals surface area contributed by atoms with Gasteiger partial charge in [0.1, 0.15) is 18.5 Å². The molecule has 0 saturated carbocycles. The molecule has 1 atom stereocenters. The number of Topliss-reactive ketones (excluding diaryl/α,β-unsaturated/α-hetero) is 1. The van der Waals surface area contributed by atoms with Crippen LogP contribution >= 0.6 is 0 Å². The Kier molecular flexibility index (Phi) is 8.75. The number of hydrogen-bond acceptors (Lipinski definition) is 6. The summed E-state index contributed by atoms with van der Waals surface area (Å²) in [5.74, 6) is 0.0142. The number of methoxy groups -OCH3 is 1. The molecule has 0 aliphatic rings. The fourth-order valence-electron chi connectivity index (χ4n) is 2.16. The molecule has 0 fully saturated rings. The number of carbonyl (C=O) groups is 2. The van der Waals surface area contributed by atoms with E-state index >= 15 is 0 Å². The lowest BCUT2D eigenvalue weighted by molar-refractivity contribution is -0.147. The van der Waals surface area contributed by atoms with Crippen LogP contribution in [0.3, 0.4) is 0 Å². The topological polar surface area (TPSA) is 82.1 Å². The van der Waals surface area contributed by atoms with Crippen LogP contribution < -0.4 is 4.74 Å². The quantitative estimate of drug-likeness (QED) is 0.493. The second-order valence-corrected chi connectivity index (χ2v) is 5.24. The monoisotopic (exact) mass is 336 g/mol. The van der Waals surface area contributed by atoms with Gasteiger partial charge in [-0.15, -0.1) is 0 Å². The summed E-state index contributed by atoms with van der Waals surface area (Å²) in [6.45, 7) is 5.27. The van der Waals surface area contributed by atoms with Crippen molar-refractivity contribution in [1.82, 2.24) is 0 Å². The summed E-state index contributed by atoms with van der Waals surface area (Å²) in [5, 5.41) is 8.82. The highest BCUT2D eigenvalue weighted by Crippen LogP contribution is 2.27. The van der Waals surface area contributed by atoms with E-state index in [9.17, 15) is 9.59 Å². The minimum Gasteiger partial charge on any atom is -0.491 e. The second-order valence-electron chi connectivity index (χ2n) is 5.24. The van der Waals surface area contributed by atoms with Crippen molar-refractivity contribution in [2.45, 2.75) is 25.9 Å². The van der Waals surface area contributed by atoms with Gasteiger partial charge in [-0.3, -0.25) is 9.59 Å². The van der Waals surface area contributed by atoms with E-state index in [0.29, 0.717) is 17.7 Å². The molecule has 0 heterocycles. The molecule has 0 bridgehead atoms. The Bertz CT molecular complexity index is 566. The van der Waals surface area contributed by atoms with Gasteiger partial charge in [0.05, 0.1) is 13.2 Å². The van der Waals surface area contributed by atoms with Gasteiger partial charge >= 0.3 is 5.97 Å². The maximum atomic E-state index is 12.0. The van der Waals surface area contributed by atoms with Gasteiger partial charge in [0.25, 0.3) is 0 Å². The first-order chi connectivity index (χ1) is 11.5. The number of benzene rings is 1. The summed E-state index contributed by atoms with van der Waals surface area (Å²) in [6, 6.07) is 7.05. The van der Waals surface area contributed by atoms with E-state index in [1.54, 1.807) is 24.3 Å². The third-order valence-corrected chi connectivity index (χ3v) is 3.24. The number of aliphatic hydroxyl groups is 1. The van der Waals surface area contributed by atoms with Crippen molar-refractivity contribution in [3.05, 3.63) is 42.0 Å². The highest BCUT2D eigenvalue weighted by atomic mass is 16.5. The van der Waals surface area contributed by atoms with Gasteiger partial charge in [0, 0.05) is 26.0 Å². The summed E-state index contributed by atoms with van der Waals surface area (Å²) >= 11 is 0. The fourth-order valence-corrected chi connectivity index (χ4v) is 2.16. The highest BCUT2D eigenvalue weighted by molar-refractivity contribution is 5.94. The number of carbonyl (C=O) groups excluding carboxylic acids is 2. The molecule has 6 nitrogen and oxygen atoms in total. The summed E-state index contributed by atoms with van der Waals surface area (Å²) in [4.78, 5) is 23.3. The number of ketones is 1. The fraction of sp³-hybridized carbons (Fsp3) is 0.444. The second kappa shape index (κ2) is 10.6. The molecule has 0 aromatic heterocycles. The molecule has 1 aromatic rings. The first-order valence-corrected chi connectivity index (χ1v) is 7.68. The largest absolute Gasteiger partial charge is 0.491 e. The number of aliphatic hydroxyl groups excluding tert-OH is 1. The minimum absolute atomic E-state index is 0.0896. The molecule has 1 N–H and O–H groups in total. The van der Waals surface area contributed by atoms with E-state index in [0.717, 1.165) is 5.56 Å². The Hall–Kier alpha value is -2.18. The van der Waals surface area contributed by atoms with Crippen molar-refractivity contribution in [3.8, 4) is 5.75 Å². The average Bonchev–Trinajstić information content (AvgIpc) is 2.56. The first-order valence-electron chi connectivity index (χ1n) is 7.68. The summed E-state index contributed by atoms with van der Waals surface area (Å²) in [6.07, 6.45) is -0.0219. The molecular formula is C18H24O6. The molecule has 1 aromatic carbocycles. The van der Waals surface area contributed by atoms with E-state index in [2.05, 4.69) is 6.58 Å². The van der Waals surface area contributed by atoms with Crippen LogP contribution in [-0.2, 0) is 19.1 Å². The van der Waals surface area contributed by atoms with Crippen molar-refractivity contribution < 1.29 is 28.9 Å². The molecule has 0 saturated heterocycles. The number of rotatable bonds is 11. The zero-order valence-corrected chi connectivity index (χ0v) is 14.1. The lowest BCUT2D eigenvalue weighted by Crippen LogP contribution is -2.13. The van der Waals surface area contributed by atoms with Gasteiger partial charge < -0.3 is 19.3 Å². The third kappa shape index (κ3) is 6.93. The molecule has 0 amide bonds. The molecule has 1 rings (SSSR count). The third-order valence-electron chi connectivity index (χ3n) is 3.24. The Labute approximate surface area is 142 Å². The summed E-state index contributed by atoms with van der Waals surface area (Å²) < 4.78 is 15.6. The Morgan fingerprint density at radius 1 is 1.33 bits per heavy atom. The number of esters is 1. The predicted octanol–water partition coefficient (Wildman–Crippen LogP) is 2.21. The Balaban J connectivity index is 2.79. The van der Waals surface area contributed by atoms with E-state index in [1.165, 1.54) is 14.0 Å². The van der Waals surface area contributed by atoms with Crippen LogP contribution in [0.1, 0.15) is 31.4 Å². The smallest absolute Gasteiger partial charge is 0.303 e. The van der Waals surface area contributed by atoms with E-state index in [1.807, 2.05) is 0 Å². The van der Waals surface area contributed by atoms with Crippen LogP contribution in [0.25, 0.3) is 0 Å². The Morgan fingerprint density at radius 3 is 2.71 bits per heavy atom. The molecule has 0 radical (unpaired) electrons. The Morgan fingerprint density at radius 2 is 2.08 bits per heavy atom. The van der Waals surface area contributed by atoms with Crippen LogP contribution in [0.15, 0.2) is 36.4 Å². The van der Waals surface area contributed by atoms with E-state index in [4.69, 9.17) is 19.3 Å². The zero-order valence-electron chi connectivity index (χ0n) is 14.1. The van der Waals surface area contributed by atoms with Crippen molar-refractivity contribution in [3.63, 3.8) is 0 Å². The van der Waals surface area contributed by atoms with Gasteiger partial charge in [-0.05, 0) is 24.1 Å². The van der Waals surface area contributed by atoms with Crippen LogP contribution in [-0.4, -0.2) is 43.8 Å². The standard InChI is InChI=1S/C18H24O6/c1-13(12-22-3)17(21)7-8-18(24-14(2)20)15-5-4-6-16(11-15)23-10-9-19/h4-6,11,18-19H,1,7-10,12H2,2-3H3/t18-/m0/s1. The van der Waals surface area contributed by atoms with Crippen molar-refractivity contribution in [2.24, 2.45) is 0 Å². The van der Waals surface area contributed by atoms with Gasteiger partial charge in [-0.1, -0.05) is 18.7 Å². The molecule has 132 valence electrons. The summed E-state index contributed by atoms with van der Waals surface area (Å²) in [7, 11) is 1.50. The molecule has 0 spiro atoms. The molecule has 0 unspecified atom stereocenters. The molecule has 0 aliphatic carbocycles. The molecule has 24 heavy (non-hydrogen) atoms. The highest BCUT2D eigenvalue weighted by Gasteiger charge is 2.18. The maximum absolute atomic E-state index is 12.0. The van der Waals surface area contributed by atoms with Gasteiger partial charge in [0.15, 0.2) is 5.78 Å². The van der Waals surface area contributed by atoms with Gasteiger partial charge in [-0.2, -0.15) is 0 Å². The van der Waals surface area contributed by atoms with Crippen LogP contribution in [0, 0.1) is 0 Å². The van der Waals surface area contributed by atoms with Crippen molar-refractivity contribution in [2.75, 3.05) is 26.9 Å². The normalized spacial score (nSPS) is 11.6. The first kappa shape index (κ1) is 19.9. The van der Waals surface area contributed by atoms with Gasteiger partial charge in [-0.25, -0.2) is 0 Å². The predicted molar refractivity (Wildman–Crippen MR) is 88.8 cm³/mol. The van der Waals surface area contributed by atoms with E-state index < -0.39 is 12.1 Å².